The molecule has 9 heavy (non-hydrogen) atoms. The Hall–Kier alpha value is 0.250. The third-order valence-corrected chi connectivity index (χ3v) is 2.77. The van der Waals surface area contributed by atoms with Crippen LogP contribution in [0, 0.1) is 0 Å². The Balaban J connectivity index is 2.03. The molecule has 1 N–H and O–H groups in total. The average Bonchev–Trinajstić information content (AvgIpc) is 2.11. The molecule has 2 saturated heterocycles. The zero-order valence-electron chi connectivity index (χ0n) is 5.44. The fourth-order valence-corrected chi connectivity index (χ4v) is 2.42. The molecule has 2 fully saturated rings. The van der Waals surface area contributed by atoms with Crippen LogP contribution in [0.25, 0.3) is 0 Å². The second kappa shape index (κ2) is 2.14. The highest BCUT2D eigenvalue weighted by Crippen LogP contribution is 2.29. The lowest BCUT2D eigenvalue weighted by Crippen LogP contribution is -2.38. The van der Waals surface area contributed by atoms with E-state index in [1.807, 2.05) is 0 Å². The Morgan fingerprint density at radius 3 is 2.22 bits per heavy atom. The Bertz CT molecular complexity index is 103. The van der Waals surface area contributed by atoms with Crippen LogP contribution in [-0.2, 0) is 0 Å². The lowest BCUT2D eigenvalue weighted by molar-refractivity contribution is 0.411. The van der Waals surface area contributed by atoms with Crippen LogP contribution < -0.4 is 5.32 Å². The Morgan fingerprint density at radius 2 is 1.67 bits per heavy atom. The molecule has 2 heteroatoms. The van der Waals surface area contributed by atoms with Crippen molar-refractivity contribution >= 4 is 11.6 Å². The van der Waals surface area contributed by atoms with Gasteiger partial charge in [-0.25, -0.2) is 0 Å². The highest BCUT2D eigenvalue weighted by atomic mass is 35.5. The first-order valence-electron chi connectivity index (χ1n) is 3.75. The van der Waals surface area contributed by atoms with Crippen LogP contribution in [0.15, 0.2) is 0 Å². The summed E-state index contributed by atoms with van der Waals surface area (Å²) in [4.78, 5) is 0. The predicted molar refractivity (Wildman–Crippen MR) is 38.8 cm³/mol. The number of halogens is 1. The van der Waals surface area contributed by atoms with Gasteiger partial charge >= 0.3 is 0 Å². The standard InChI is InChI=1S/C7H12ClN/c8-5-3-6-1-2-7(4-5)9-6/h5-7,9H,1-4H2/t6-,7-/m1/s1. The van der Waals surface area contributed by atoms with Gasteiger partial charge in [0, 0.05) is 17.5 Å². The molecule has 2 heterocycles. The van der Waals surface area contributed by atoms with Crippen molar-refractivity contribution in [2.24, 2.45) is 0 Å². The van der Waals surface area contributed by atoms with Crippen molar-refractivity contribution in [1.82, 2.24) is 5.32 Å². The highest BCUT2D eigenvalue weighted by molar-refractivity contribution is 6.20. The molecule has 0 amide bonds. The summed E-state index contributed by atoms with van der Waals surface area (Å²) in [6, 6.07) is 1.51. The zero-order chi connectivity index (χ0) is 6.27. The van der Waals surface area contributed by atoms with Crippen LogP contribution in [0.4, 0.5) is 0 Å². The van der Waals surface area contributed by atoms with E-state index in [0.29, 0.717) is 5.38 Å². The van der Waals surface area contributed by atoms with Gasteiger partial charge in [0.1, 0.15) is 0 Å². The van der Waals surface area contributed by atoms with E-state index in [9.17, 15) is 0 Å². The van der Waals surface area contributed by atoms with Gasteiger partial charge in [-0.1, -0.05) is 0 Å². The van der Waals surface area contributed by atoms with Gasteiger partial charge in [0.25, 0.3) is 0 Å². The van der Waals surface area contributed by atoms with Gasteiger partial charge < -0.3 is 5.32 Å². The minimum Gasteiger partial charge on any atom is -0.311 e. The summed E-state index contributed by atoms with van der Waals surface area (Å²) in [6.07, 6.45) is 5.10. The maximum absolute atomic E-state index is 6.01. The predicted octanol–water partition coefficient (Wildman–Crippen LogP) is 1.51. The molecular formula is C7H12ClN. The van der Waals surface area contributed by atoms with Gasteiger partial charge in [-0.3, -0.25) is 0 Å². The van der Waals surface area contributed by atoms with Crippen molar-refractivity contribution < 1.29 is 0 Å². The lowest BCUT2D eigenvalue weighted by atomic mass is 10.1. The van der Waals surface area contributed by atoms with Gasteiger partial charge in [0.2, 0.25) is 0 Å². The van der Waals surface area contributed by atoms with Crippen molar-refractivity contribution in [3.8, 4) is 0 Å². The lowest BCUT2D eigenvalue weighted by Gasteiger charge is -2.24. The molecule has 2 atom stereocenters. The molecule has 0 saturated carbocycles. The van der Waals surface area contributed by atoms with Crippen molar-refractivity contribution in [3.63, 3.8) is 0 Å². The number of fused-ring (bicyclic) bond motifs is 2. The largest absolute Gasteiger partial charge is 0.311 e. The third-order valence-electron chi connectivity index (χ3n) is 2.42. The molecule has 0 aromatic carbocycles. The molecule has 52 valence electrons. The van der Waals surface area contributed by atoms with E-state index in [1.165, 1.54) is 25.7 Å². The van der Waals surface area contributed by atoms with Crippen molar-refractivity contribution in [1.29, 1.82) is 0 Å². The normalized spacial score (nSPS) is 49.7. The maximum Gasteiger partial charge on any atom is 0.0365 e. The molecule has 0 spiro atoms. The molecule has 2 aliphatic heterocycles. The molecule has 1 nitrogen and oxygen atoms in total. The van der Waals surface area contributed by atoms with E-state index in [4.69, 9.17) is 11.6 Å². The topological polar surface area (TPSA) is 12.0 Å². The quantitative estimate of drug-likeness (QED) is 0.510. The monoisotopic (exact) mass is 145 g/mol. The third kappa shape index (κ3) is 1.08. The minimum absolute atomic E-state index is 0.462. The summed E-state index contributed by atoms with van der Waals surface area (Å²) in [5.74, 6) is 0. The first-order chi connectivity index (χ1) is 4.34. The van der Waals surface area contributed by atoms with E-state index < -0.39 is 0 Å². The van der Waals surface area contributed by atoms with E-state index in [-0.39, 0.29) is 0 Å². The van der Waals surface area contributed by atoms with E-state index in [1.54, 1.807) is 0 Å². The number of nitrogens with one attached hydrogen (secondary N) is 1. The van der Waals surface area contributed by atoms with Crippen LogP contribution in [0.3, 0.4) is 0 Å². The van der Waals surface area contributed by atoms with Gasteiger partial charge in [-0.2, -0.15) is 0 Å². The maximum atomic E-state index is 6.01. The first-order valence-corrected chi connectivity index (χ1v) is 4.18. The fraction of sp³-hybridized carbons (Fsp3) is 1.00. The molecule has 0 aliphatic carbocycles. The Kier molecular flexibility index (Phi) is 1.42. The molecule has 0 aromatic rings. The SMILES string of the molecule is ClC1C[C@H]2CC[C@H](C1)N2. The number of hydrogen-bond donors (Lipinski definition) is 1. The average molecular weight is 146 g/mol. The van der Waals surface area contributed by atoms with Gasteiger partial charge in [0.15, 0.2) is 0 Å². The highest BCUT2D eigenvalue weighted by Gasteiger charge is 2.32. The molecule has 2 bridgehead atoms. The van der Waals surface area contributed by atoms with E-state index in [0.717, 1.165) is 12.1 Å². The molecular weight excluding hydrogens is 134 g/mol. The van der Waals surface area contributed by atoms with E-state index in [2.05, 4.69) is 5.32 Å². The second-order valence-electron chi connectivity index (χ2n) is 3.21. The molecule has 0 unspecified atom stereocenters. The van der Waals surface area contributed by atoms with Crippen molar-refractivity contribution in [2.45, 2.75) is 43.1 Å². The summed E-state index contributed by atoms with van der Waals surface area (Å²) in [7, 11) is 0. The number of rotatable bonds is 0. The first kappa shape index (κ1) is 5.99. The van der Waals surface area contributed by atoms with Crippen LogP contribution in [0.2, 0.25) is 0 Å². The smallest absolute Gasteiger partial charge is 0.0365 e. The van der Waals surface area contributed by atoms with Crippen LogP contribution in [-0.4, -0.2) is 17.5 Å². The summed E-state index contributed by atoms with van der Waals surface area (Å²) in [5, 5.41) is 4.00. The number of piperidine rings is 1. The molecule has 0 aromatic heterocycles. The van der Waals surface area contributed by atoms with Crippen LogP contribution in [0.1, 0.15) is 25.7 Å². The summed E-state index contributed by atoms with van der Waals surface area (Å²) in [5.41, 5.74) is 0. The summed E-state index contributed by atoms with van der Waals surface area (Å²) in [6.45, 7) is 0. The van der Waals surface area contributed by atoms with E-state index >= 15 is 0 Å². The van der Waals surface area contributed by atoms with Crippen molar-refractivity contribution in [2.75, 3.05) is 0 Å². The molecule has 2 aliphatic rings. The minimum atomic E-state index is 0.462. The second-order valence-corrected chi connectivity index (χ2v) is 3.82. The fourth-order valence-electron chi connectivity index (χ4n) is 1.99. The van der Waals surface area contributed by atoms with Crippen LogP contribution in [0.5, 0.6) is 0 Å². The Morgan fingerprint density at radius 1 is 1.11 bits per heavy atom. The summed E-state index contributed by atoms with van der Waals surface area (Å²) < 4.78 is 0. The van der Waals surface area contributed by atoms with Gasteiger partial charge in [-0.15, -0.1) is 11.6 Å². The molecule has 0 radical (unpaired) electrons. The van der Waals surface area contributed by atoms with Gasteiger partial charge in [-0.05, 0) is 25.7 Å². The number of alkyl halides is 1. The van der Waals surface area contributed by atoms with Gasteiger partial charge in [0.05, 0.1) is 0 Å². The Labute approximate surface area is 60.8 Å². The van der Waals surface area contributed by atoms with Crippen LogP contribution >= 0.6 is 11.6 Å². The summed E-state index contributed by atoms with van der Waals surface area (Å²) >= 11 is 6.01. The number of hydrogen-bond acceptors (Lipinski definition) is 1. The molecule has 2 rings (SSSR count). The van der Waals surface area contributed by atoms with Crippen molar-refractivity contribution in [3.05, 3.63) is 0 Å². The zero-order valence-corrected chi connectivity index (χ0v) is 6.19.